The first kappa shape index (κ1) is 16.5. The summed E-state index contributed by atoms with van der Waals surface area (Å²) in [6.45, 7) is 1.85. The van der Waals surface area contributed by atoms with E-state index in [9.17, 15) is 9.59 Å². The highest BCUT2D eigenvalue weighted by molar-refractivity contribution is 5.96. The summed E-state index contributed by atoms with van der Waals surface area (Å²) in [5, 5.41) is 13.2. The molecule has 1 heterocycles. The van der Waals surface area contributed by atoms with Gasteiger partial charge in [0.1, 0.15) is 6.54 Å². The molecular formula is C16H19N3O4. The normalized spacial score (nSPS) is 10.3. The Morgan fingerprint density at radius 1 is 1.30 bits per heavy atom. The van der Waals surface area contributed by atoms with Crippen molar-refractivity contribution >= 4 is 11.9 Å². The van der Waals surface area contributed by atoms with Crippen molar-refractivity contribution in [3.63, 3.8) is 0 Å². The van der Waals surface area contributed by atoms with Crippen LogP contribution in [-0.4, -0.2) is 51.9 Å². The molecule has 0 saturated carbocycles. The van der Waals surface area contributed by atoms with Gasteiger partial charge in [-0.15, -0.1) is 0 Å². The number of carbonyl (C=O) groups is 2. The lowest BCUT2D eigenvalue weighted by Gasteiger charge is -2.19. The number of hydrogen-bond acceptors (Lipinski definition) is 4. The Morgan fingerprint density at radius 3 is 2.57 bits per heavy atom. The summed E-state index contributed by atoms with van der Waals surface area (Å²) < 4.78 is 6.76. The van der Waals surface area contributed by atoms with Gasteiger partial charge >= 0.3 is 5.97 Å². The van der Waals surface area contributed by atoms with E-state index in [0.29, 0.717) is 18.7 Å². The standard InChI is InChI=1S/C16H19N3O4/c1-3-9-18(11-14(20)21)16(22)15-13(23-2)10-19(17-15)12-7-5-4-6-8-12/h4-8,10H,3,9,11H2,1-2H3,(H,20,21). The highest BCUT2D eigenvalue weighted by Crippen LogP contribution is 2.21. The molecule has 0 fully saturated rings. The van der Waals surface area contributed by atoms with E-state index in [1.807, 2.05) is 37.3 Å². The van der Waals surface area contributed by atoms with E-state index >= 15 is 0 Å². The first-order valence-corrected chi connectivity index (χ1v) is 7.27. The Hall–Kier alpha value is -2.83. The molecule has 7 heteroatoms. The SMILES string of the molecule is CCCN(CC(=O)O)C(=O)c1nn(-c2ccccc2)cc1OC. The number of methoxy groups -OCH3 is 1. The lowest BCUT2D eigenvalue weighted by molar-refractivity contribution is -0.137. The molecule has 1 aromatic heterocycles. The van der Waals surface area contributed by atoms with Crippen LogP contribution in [0.25, 0.3) is 5.69 Å². The van der Waals surface area contributed by atoms with Crippen LogP contribution >= 0.6 is 0 Å². The Morgan fingerprint density at radius 2 is 2.00 bits per heavy atom. The fourth-order valence-corrected chi connectivity index (χ4v) is 2.20. The average molecular weight is 317 g/mol. The third-order valence-electron chi connectivity index (χ3n) is 3.23. The molecule has 0 radical (unpaired) electrons. The minimum Gasteiger partial charge on any atom is -0.493 e. The maximum Gasteiger partial charge on any atom is 0.323 e. The maximum absolute atomic E-state index is 12.6. The molecule has 0 aliphatic rings. The van der Waals surface area contributed by atoms with Gasteiger partial charge in [-0.1, -0.05) is 25.1 Å². The van der Waals surface area contributed by atoms with Crippen molar-refractivity contribution in [3.8, 4) is 11.4 Å². The van der Waals surface area contributed by atoms with E-state index in [-0.39, 0.29) is 12.2 Å². The first-order valence-electron chi connectivity index (χ1n) is 7.27. The number of aromatic nitrogens is 2. The zero-order valence-corrected chi connectivity index (χ0v) is 13.1. The minimum atomic E-state index is -1.06. The van der Waals surface area contributed by atoms with Gasteiger partial charge in [0.2, 0.25) is 0 Å². The molecule has 0 aliphatic heterocycles. The van der Waals surface area contributed by atoms with Crippen LogP contribution in [0.5, 0.6) is 5.75 Å². The summed E-state index contributed by atoms with van der Waals surface area (Å²) in [5.41, 5.74) is 0.885. The number of rotatable bonds is 7. The topological polar surface area (TPSA) is 84.7 Å². The number of benzene rings is 1. The summed E-state index contributed by atoms with van der Waals surface area (Å²) >= 11 is 0. The number of para-hydroxylation sites is 1. The Balaban J connectivity index is 2.35. The van der Waals surface area contributed by atoms with Gasteiger partial charge in [0, 0.05) is 6.54 Å². The fraction of sp³-hybridized carbons (Fsp3) is 0.312. The third-order valence-corrected chi connectivity index (χ3v) is 3.23. The van der Waals surface area contributed by atoms with Crippen molar-refractivity contribution in [1.82, 2.24) is 14.7 Å². The number of amides is 1. The number of hydrogen-bond donors (Lipinski definition) is 1. The molecule has 0 saturated heterocycles. The molecule has 0 bridgehead atoms. The number of carboxylic acids is 1. The van der Waals surface area contributed by atoms with Crippen molar-refractivity contribution in [2.24, 2.45) is 0 Å². The molecule has 122 valence electrons. The Labute approximate surface area is 134 Å². The number of carbonyl (C=O) groups excluding carboxylic acids is 1. The van der Waals surface area contributed by atoms with Crippen LogP contribution in [0.3, 0.4) is 0 Å². The predicted octanol–water partition coefficient (Wildman–Crippen LogP) is 1.82. The van der Waals surface area contributed by atoms with Gasteiger partial charge in [0.25, 0.3) is 5.91 Å². The van der Waals surface area contributed by atoms with Gasteiger partial charge in [0.05, 0.1) is 19.0 Å². The number of carboxylic acid groups (broad SMARTS) is 1. The highest BCUT2D eigenvalue weighted by Gasteiger charge is 2.25. The first-order chi connectivity index (χ1) is 11.1. The quantitative estimate of drug-likeness (QED) is 0.842. The summed E-state index contributed by atoms with van der Waals surface area (Å²) in [6, 6.07) is 9.30. The molecule has 0 spiro atoms. The van der Waals surface area contributed by atoms with Crippen molar-refractivity contribution in [3.05, 3.63) is 42.2 Å². The molecule has 23 heavy (non-hydrogen) atoms. The monoisotopic (exact) mass is 317 g/mol. The van der Waals surface area contributed by atoms with Crippen molar-refractivity contribution in [2.75, 3.05) is 20.2 Å². The van der Waals surface area contributed by atoms with E-state index in [2.05, 4.69) is 5.10 Å². The molecular weight excluding hydrogens is 298 g/mol. The summed E-state index contributed by atoms with van der Waals surface area (Å²) in [5.74, 6) is -1.21. The van der Waals surface area contributed by atoms with Crippen LogP contribution < -0.4 is 4.74 Å². The number of aliphatic carboxylic acids is 1. The predicted molar refractivity (Wildman–Crippen MR) is 83.9 cm³/mol. The largest absolute Gasteiger partial charge is 0.493 e. The lowest BCUT2D eigenvalue weighted by Crippen LogP contribution is -2.36. The van der Waals surface area contributed by atoms with Crippen LogP contribution in [-0.2, 0) is 4.79 Å². The van der Waals surface area contributed by atoms with E-state index < -0.39 is 11.9 Å². The maximum atomic E-state index is 12.6. The highest BCUT2D eigenvalue weighted by atomic mass is 16.5. The summed E-state index contributed by atoms with van der Waals surface area (Å²) in [6.07, 6.45) is 2.26. The van der Waals surface area contributed by atoms with E-state index in [4.69, 9.17) is 9.84 Å². The summed E-state index contributed by atoms with van der Waals surface area (Å²) in [7, 11) is 1.45. The van der Waals surface area contributed by atoms with Gasteiger partial charge in [-0.05, 0) is 18.6 Å². The smallest absolute Gasteiger partial charge is 0.323 e. The van der Waals surface area contributed by atoms with Gasteiger partial charge in [0.15, 0.2) is 11.4 Å². The molecule has 0 aliphatic carbocycles. The van der Waals surface area contributed by atoms with Crippen LogP contribution in [0.15, 0.2) is 36.5 Å². The van der Waals surface area contributed by atoms with Crippen molar-refractivity contribution in [2.45, 2.75) is 13.3 Å². The Bertz CT molecular complexity index is 682. The fourth-order valence-electron chi connectivity index (χ4n) is 2.20. The van der Waals surface area contributed by atoms with Crippen molar-refractivity contribution < 1.29 is 19.4 Å². The van der Waals surface area contributed by atoms with Gasteiger partial charge in [-0.25, -0.2) is 4.68 Å². The molecule has 0 unspecified atom stereocenters. The summed E-state index contributed by atoms with van der Waals surface area (Å²) in [4.78, 5) is 24.8. The van der Waals surface area contributed by atoms with Crippen LogP contribution in [0.2, 0.25) is 0 Å². The zero-order valence-electron chi connectivity index (χ0n) is 13.1. The lowest BCUT2D eigenvalue weighted by atomic mass is 10.3. The Kier molecular flexibility index (Phi) is 5.35. The van der Waals surface area contributed by atoms with Gasteiger partial charge in [-0.3, -0.25) is 9.59 Å². The number of nitrogens with zero attached hydrogens (tertiary/aromatic N) is 3. The molecule has 1 aromatic carbocycles. The van der Waals surface area contributed by atoms with Crippen molar-refractivity contribution in [1.29, 1.82) is 0 Å². The second kappa shape index (κ2) is 7.44. The molecule has 2 rings (SSSR count). The second-order valence-corrected chi connectivity index (χ2v) is 4.95. The number of ether oxygens (including phenoxy) is 1. The van der Waals surface area contributed by atoms with Crippen LogP contribution in [0, 0.1) is 0 Å². The minimum absolute atomic E-state index is 0.103. The zero-order chi connectivity index (χ0) is 16.8. The molecule has 1 N–H and O–H groups in total. The van der Waals surface area contributed by atoms with Gasteiger partial charge in [-0.2, -0.15) is 5.10 Å². The van der Waals surface area contributed by atoms with E-state index in [0.717, 1.165) is 5.69 Å². The van der Waals surface area contributed by atoms with E-state index in [1.54, 1.807) is 6.20 Å². The van der Waals surface area contributed by atoms with E-state index in [1.165, 1.54) is 16.7 Å². The second-order valence-electron chi connectivity index (χ2n) is 4.95. The molecule has 2 aromatic rings. The average Bonchev–Trinajstić information content (AvgIpc) is 2.98. The molecule has 1 amide bonds. The molecule has 7 nitrogen and oxygen atoms in total. The van der Waals surface area contributed by atoms with Crippen LogP contribution in [0.1, 0.15) is 23.8 Å². The third kappa shape index (κ3) is 3.88. The molecule has 0 atom stereocenters. The van der Waals surface area contributed by atoms with Crippen LogP contribution in [0.4, 0.5) is 0 Å². The van der Waals surface area contributed by atoms with Gasteiger partial charge < -0.3 is 14.7 Å².